The predicted octanol–water partition coefficient (Wildman–Crippen LogP) is 8.28. The molecule has 2 unspecified atom stereocenters. The number of benzene rings is 5. The normalized spacial score (nSPS) is 15.6. The van der Waals surface area contributed by atoms with Crippen LogP contribution in [0.3, 0.4) is 0 Å². The summed E-state index contributed by atoms with van der Waals surface area (Å²) < 4.78 is 20.2. The Morgan fingerprint density at radius 1 is 0.877 bits per heavy atom. The van der Waals surface area contributed by atoms with E-state index in [9.17, 15) is 9.59 Å². The van der Waals surface area contributed by atoms with Gasteiger partial charge in [0.2, 0.25) is 5.91 Å². The number of nitrogens with one attached hydrogen (secondary N) is 1. The van der Waals surface area contributed by atoms with E-state index >= 15 is 0 Å². The van der Waals surface area contributed by atoms with Gasteiger partial charge in [-0.2, -0.15) is 10.4 Å². The van der Waals surface area contributed by atoms with Gasteiger partial charge >= 0.3 is 0 Å². The quantitative estimate of drug-likeness (QED) is 0.148. The summed E-state index contributed by atoms with van der Waals surface area (Å²) in [6.45, 7) is 1.26. The fourth-order valence-corrected chi connectivity index (χ4v) is 7.44. The topological polar surface area (TPSA) is 119 Å². The Labute approximate surface area is 340 Å². The van der Waals surface area contributed by atoms with Gasteiger partial charge in [0.25, 0.3) is 5.91 Å². The highest BCUT2D eigenvalue weighted by Crippen LogP contribution is 2.41. The molecule has 12 heteroatoms. The van der Waals surface area contributed by atoms with Crippen molar-refractivity contribution in [1.29, 1.82) is 5.26 Å². The smallest absolute Gasteiger partial charge is 0.273 e. The average Bonchev–Trinajstić information content (AvgIpc) is 3.68. The Kier molecular flexibility index (Phi) is 10.9. The minimum Gasteiger partial charge on any atom is -0.489 e. The Morgan fingerprint density at radius 2 is 1.60 bits per heavy atom. The number of nitriles is 1. The number of hydrogen-bond acceptors (Lipinski definition) is 7. The molecule has 0 saturated heterocycles. The SMILES string of the molecule is Cn1nccc1C(=O)N1Cc2cc3c(cc2CC1C(=O)NCCc1ccc(-c2ccc(C#N)cc2)cc1)OCC(c1ccc(OCc2ccc(Cl)c(Cl)c2)cc1)O3. The Balaban J connectivity index is 0.936. The van der Waals surface area contributed by atoms with E-state index in [1.54, 1.807) is 48.5 Å². The second-order valence-electron chi connectivity index (χ2n) is 14.0. The van der Waals surface area contributed by atoms with Gasteiger partial charge in [0.1, 0.15) is 30.7 Å². The van der Waals surface area contributed by atoms with Gasteiger partial charge in [0, 0.05) is 32.8 Å². The molecule has 0 aliphatic carbocycles. The second kappa shape index (κ2) is 16.4. The van der Waals surface area contributed by atoms with Crippen LogP contribution in [0, 0.1) is 11.3 Å². The molecule has 0 bridgehead atoms. The summed E-state index contributed by atoms with van der Waals surface area (Å²) in [7, 11) is 1.71. The van der Waals surface area contributed by atoms with E-state index < -0.39 is 6.04 Å². The lowest BCUT2D eigenvalue weighted by atomic mass is 9.92. The number of aryl methyl sites for hydroxylation is 1. The summed E-state index contributed by atoms with van der Waals surface area (Å²) in [5.41, 5.74) is 7.78. The number of amides is 2. The van der Waals surface area contributed by atoms with Crippen LogP contribution in [0.2, 0.25) is 10.0 Å². The van der Waals surface area contributed by atoms with Crippen LogP contribution in [0.4, 0.5) is 0 Å². The van der Waals surface area contributed by atoms with Gasteiger partial charge in [0.15, 0.2) is 17.6 Å². The lowest BCUT2D eigenvalue weighted by Gasteiger charge is -2.37. The van der Waals surface area contributed by atoms with Gasteiger partial charge < -0.3 is 24.4 Å². The monoisotopic (exact) mass is 797 g/mol. The summed E-state index contributed by atoms with van der Waals surface area (Å²) in [5.74, 6) is 1.35. The van der Waals surface area contributed by atoms with Crippen molar-refractivity contribution in [1.82, 2.24) is 20.0 Å². The fourth-order valence-electron chi connectivity index (χ4n) is 7.12. The first-order valence-electron chi connectivity index (χ1n) is 18.5. The van der Waals surface area contributed by atoms with Gasteiger partial charge in [-0.25, -0.2) is 0 Å². The van der Waals surface area contributed by atoms with Crippen LogP contribution in [-0.2, 0) is 37.8 Å². The molecule has 2 aliphatic rings. The lowest BCUT2D eigenvalue weighted by molar-refractivity contribution is -0.126. The lowest BCUT2D eigenvalue weighted by Crippen LogP contribution is -2.53. The molecule has 6 aromatic rings. The van der Waals surface area contributed by atoms with Crippen LogP contribution in [0.15, 0.2) is 115 Å². The molecule has 286 valence electrons. The highest BCUT2D eigenvalue weighted by atomic mass is 35.5. The number of rotatable bonds is 10. The third kappa shape index (κ3) is 8.31. The minimum absolute atomic E-state index is 0.209. The van der Waals surface area contributed by atoms with Crippen molar-refractivity contribution >= 4 is 35.0 Å². The molecule has 8 rings (SSSR count). The van der Waals surface area contributed by atoms with Crippen LogP contribution >= 0.6 is 23.2 Å². The molecule has 0 saturated carbocycles. The zero-order chi connectivity index (χ0) is 39.5. The number of halogens is 2. The molecule has 0 spiro atoms. The standard InChI is InChI=1S/C45H37Cl2N5O5/c1-51-39(17-19-50-51)45(54)52-25-35-23-42-41(56-27-43(57-42)33-11-13-36(14-12-33)55-26-30-6-15-37(46)38(47)20-30)22-34(35)21-40(52)44(53)49-18-16-28-2-7-31(8-3-28)32-9-4-29(24-48)5-10-32/h2-15,17,19-20,22-23,40,43H,16,18,21,25-27H2,1H3,(H,49,53). The summed E-state index contributed by atoms with van der Waals surface area (Å²) in [6.07, 6.45) is 2.14. The van der Waals surface area contributed by atoms with Crippen LogP contribution in [0.5, 0.6) is 17.2 Å². The number of fused-ring (bicyclic) bond motifs is 2. The summed E-state index contributed by atoms with van der Waals surface area (Å²) in [5, 5.41) is 17.3. The molecule has 2 aliphatic heterocycles. The van der Waals surface area contributed by atoms with Gasteiger partial charge in [-0.3, -0.25) is 14.3 Å². The maximum atomic E-state index is 14.0. The summed E-state index contributed by atoms with van der Waals surface area (Å²) >= 11 is 12.2. The molecule has 0 radical (unpaired) electrons. The van der Waals surface area contributed by atoms with Gasteiger partial charge in [-0.1, -0.05) is 77.8 Å². The van der Waals surface area contributed by atoms with Crippen LogP contribution < -0.4 is 19.5 Å². The van der Waals surface area contributed by atoms with Gasteiger partial charge in [-0.05, 0) is 100.0 Å². The molecule has 1 N–H and O–H groups in total. The first-order chi connectivity index (χ1) is 27.7. The largest absolute Gasteiger partial charge is 0.489 e. The van der Waals surface area contributed by atoms with Crippen molar-refractivity contribution in [3.05, 3.63) is 165 Å². The maximum absolute atomic E-state index is 14.0. The highest BCUT2D eigenvalue weighted by molar-refractivity contribution is 6.42. The van der Waals surface area contributed by atoms with Crippen molar-refractivity contribution in [2.75, 3.05) is 13.2 Å². The molecule has 0 fully saturated rings. The van der Waals surface area contributed by atoms with Crippen molar-refractivity contribution in [2.24, 2.45) is 7.05 Å². The van der Waals surface area contributed by atoms with E-state index in [4.69, 9.17) is 42.7 Å². The Hall–Kier alpha value is -6.28. The highest BCUT2D eigenvalue weighted by Gasteiger charge is 2.37. The third-order valence-corrected chi connectivity index (χ3v) is 11.1. The maximum Gasteiger partial charge on any atom is 0.273 e. The summed E-state index contributed by atoms with van der Waals surface area (Å²) in [6, 6.07) is 35.6. The molecule has 10 nitrogen and oxygen atoms in total. The molecular formula is C45H37Cl2N5O5. The molecule has 3 heterocycles. The summed E-state index contributed by atoms with van der Waals surface area (Å²) in [4.78, 5) is 29.5. The average molecular weight is 799 g/mol. The Morgan fingerprint density at radius 3 is 2.30 bits per heavy atom. The number of hydrogen-bond donors (Lipinski definition) is 1. The van der Waals surface area contributed by atoms with Crippen LogP contribution in [0.1, 0.15) is 50.0 Å². The molecule has 2 atom stereocenters. The van der Waals surface area contributed by atoms with E-state index in [1.807, 2.05) is 78.9 Å². The fraction of sp³-hybridized carbons (Fsp3) is 0.200. The third-order valence-electron chi connectivity index (χ3n) is 10.3. The second-order valence-corrected chi connectivity index (χ2v) is 14.8. The zero-order valence-corrected chi connectivity index (χ0v) is 32.5. The van der Waals surface area contributed by atoms with E-state index in [0.29, 0.717) is 71.2 Å². The molecule has 5 aromatic carbocycles. The van der Waals surface area contributed by atoms with Gasteiger partial charge in [-0.15, -0.1) is 0 Å². The molecular weight excluding hydrogens is 761 g/mol. The van der Waals surface area contributed by atoms with E-state index in [-0.39, 0.29) is 24.5 Å². The van der Waals surface area contributed by atoms with Gasteiger partial charge in [0.05, 0.1) is 21.7 Å². The van der Waals surface area contributed by atoms with Crippen molar-refractivity contribution in [2.45, 2.75) is 38.1 Å². The Bertz CT molecular complexity index is 2480. The predicted molar refractivity (Wildman–Crippen MR) is 216 cm³/mol. The first-order valence-corrected chi connectivity index (χ1v) is 19.3. The number of aromatic nitrogens is 2. The van der Waals surface area contributed by atoms with E-state index in [2.05, 4.69) is 16.5 Å². The molecule has 2 amide bonds. The van der Waals surface area contributed by atoms with E-state index in [0.717, 1.165) is 38.9 Å². The molecule has 1 aromatic heterocycles. The first kappa shape index (κ1) is 37.6. The van der Waals surface area contributed by atoms with Crippen LogP contribution in [0.25, 0.3) is 11.1 Å². The number of nitrogens with zero attached hydrogens (tertiary/aromatic N) is 4. The van der Waals surface area contributed by atoms with Crippen molar-refractivity contribution in [3.8, 4) is 34.4 Å². The number of ether oxygens (including phenoxy) is 3. The van der Waals surface area contributed by atoms with Crippen LogP contribution in [-0.4, -0.2) is 45.7 Å². The zero-order valence-electron chi connectivity index (χ0n) is 31.0. The number of carbonyl (C=O) groups is 2. The minimum atomic E-state index is -0.744. The van der Waals surface area contributed by atoms with E-state index in [1.165, 1.54) is 4.68 Å². The van der Waals surface area contributed by atoms with Crippen molar-refractivity contribution < 1.29 is 23.8 Å². The number of carbonyl (C=O) groups excluding carboxylic acids is 2. The van der Waals surface area contributed by atoms with Crippen molar-refractivity contribution in [3.63, 3.8) is 0 Å². The molecule has 57 heavy (non-hydrogen) atoms.